The van der Waals surface area contributed by atoms with E-state index < -0.39 is 29.2 Å². The topological polar surface area (TPSA) is 54.5 Å². The van der Waals surface area contributed by atoms with E-state index in [1.807, 2.05) is 4.90 Å². The molecular weight excluding hydrogens is 548 g/mol. The highest BCUT2D eigenvalue weighted by Gasteiger charge is 2.71. The summed E-state index contributed by atoms with van der Waals surface area (Å²) >= 11 is 12.9. The maximum atomic E-state index is 14.6. The first kappa shape index (κ1) is 24.9. The molecule has 4 aromatic carbocycles. The van der Waals surface area contributed by atoms with Gasteiger partial charge in [0.15, 0.2) is 17.3 Å². The number of rotatable bonds is 3. The van der Waals surface area contributed by atoms with Crippen LogP contribution in [0.2, 0.25) is 10.0 Å². The SMILES string of the molecule is O=C(c1ccc(Cl)cc1)[C@@H]1[C@H](c2ccccc2Cl)C2(C(=O)c3ccccc3C2=O)[C@H]2C=Cc3cc(F)ccc3N12. The van der Waals surface area contributed by atoms with Gasteiger partial charge in [0.05, 0.1) is 6.04 Å². The summed E-state index contributed by atoms with van der Waals surface area (Å²) in [6.07, 6.45) is 3.48. The van der Waals surface area contributed by atoms with Crippen molar-refractivity contribution in [3.05, 3.63) is 141 Å². The smallest absolute Gasteiger partial charge is 0.185 e. The molecule has 3 atom stereocenters. The normalized spacial score (nSPS) is 21.9. The first-order valence-electron chi connectivity index (χ1n) is 12.8. The van der Waals surface area contributed by atoms with E-state index in [1.54, 1.807) is 91.0 Å². The largest absolute Gasteiger partial charge is 0.352 e. The molecule has 4 nitrogen and oxygen atoms in total. The monoisotopic (exact) mass is 567 g/mol. The minimum Gasteiger partial charge on any atom is -0.352 e. The van der Waals surface area contributed by atoms with E-state index in [4.69, 9.17) is 23.2 Å². The number of Topliss-reactive ketones (excluding diaryl/α,β-unsaturated/α-hetero) is 3. The molecule has 40 heavy (non-hydrogen) atoms. The number of fused-ring (bicyclic) bond motifs is 5. The number of carbonyl (C=O) groups excluding carboxylic acids is 3. The summed E-state index contributed by atoms with van der Waals surface area (Å²) in [5.74, 6) is -2.38. The van der Waals surface area contributed by atoms with Crippen molar-refractivity contribution in [3.8, 4) is 0 Å². The molecule has 0 unspecified atom stereocenters. The van der Waals surface area contributed by atoms with E-state index in [2.05, 4.69) is 0 Å². The number of benzene rings is 4. The van der Waals surface area contributed by atoms with Gasteiger partial charge < -0.3 is 4.90 Å². The molecule has 2 aliphatic heterocycles. The van der Waals surface area contributed by atoms with E-state index in [0.717, 1.165) is 0 Å². The predicted molar refractivity (Wildman–Crippen MR) is 153 cm³/mol. The zero-order valence-electron chi connectivity index (χ0n) is 20.9. The molecular formula is C33H20Cl2FNO3. The number of halogens is 3. The lowest BCUT2D eigenvalue weighted by molar-refractivity contribution is 0.0666. The molecule has 4 aromatic rings. The van der Waals surface area contributed by atoms with Crippen LogP contribution in [0.3, 0.4) is 0 Å². The third-order valence-corrected chi connectivity index (χ3v) is 9.00. The highest BCUT2D eigenvalue weighted by molar-refractivity contribution is 6.34. The van der Waals surface area contributed by atoms with Crippen molar-refractivity contribution in [2.45, 2.75) is 18.0 Å². The van der Waals surface area contributed by atoms with Crippen LogP contribution in [0.5, 0.6) is 0 Å². The van der Waals surface area contributed by atoms with E-state index in [0.29, 0.717) is 43.5 Å². The molecule has 0 radical (unpaired) electrons. The highest BCUT2D eigenvalue weighted by atomic mass is 35.5. The van der Waals surface area contributed by atoms with Crippen LogP contribution in [0, 0.1) is 11.2 Å². The van der Waals surface area contributed by atoms with Gasteiger partial charge in [0.2, 0.25) is 0 Å². The van der Waals surface area contributed by atoms with Crippen molar-refractivity contribution in [2.75, 3.05) is 4.90 Å². The lowest BCUT2D eigenvalue weighted by Crippen LogP contribution is -2.48. The summed E-state index contributed by atoms with van der Waals surface area (Å²) in [4.78, 5) is 45.6. The maximum Gasteiger partial charge on any atom is 0.185 e. The quantitative estimate of drug-likeness (QED) is 0.190. The van der Waals surface area contributed by atoms with Crippen LogP contribution in [0.4, 0.5) is 10.1 Å². The summed E-state index contributed by atoms with van der Waals surface area (Å²) in [5.41, 5.74) is 0.977. The van der Waals surface area contributed by atoms with E-state index >= 15 is 0 Å². The maximum absolute atomic E-state index is 14.6. The van der Waals surface area contributed by atoms with Crippen LogP contribution in [0.25, 0.3) is 6.08 Å². The zero-order valence-corrected chi connectivity index (χ0v) is 22.4. The number of hydrogen-bond acceptors (Lipinski definition) is 4. The third-order valence-electron chi connectivity index (χ3n) is 8.40. The second-order valence-electron chi connectivity index (χ2n) is 10.3. The number of carbonyl (C=O) groups is 3. The van der Waals surface area contributed by atoms with Gasteiger partial charge >= 0.3 is 0 Å². The number of nitrogens with zero attached hydrogens (tertiary/aromatic N) is 1. The fourth-order valence-corrected chi connectivity index (χ4v) is 7.18. The highest BCUT2D eigenvalue weighted by Crippen LogP contribution is 2.61. The van der Waals surface area contributed by atoms with Gasteiger partial charge in [-0.2, -0.15) is 0 Å². The van der Waals surface area contributed by atoms with Crippen molar-refractivity contribution < 1.29 is 18.8 Å². The van der Waals surface area contributed by atoms with Crippen LogP contribution >= 0.6 is 23.2 Å². The summed E-state index contributed by atoms with van der Waals surface area (Å²) in [6.45, 7) is 0. The lowest BCUT2D eigenvalue weighted by Gasteiger charge is -2.37. The number of ketones is 3. The van der Waals surface area contributed by atoms with E-state index in [9.17, 15) is 18.8 Å². The van der Waals surface area contributed by atoms with Crippen LogP contribution in [0.1, 0.15) is 48.1 Å². The average molecular weight is 568 g/mol. The van der Waals surface area contributed by atoms with Crippen LogP contribution in [-0.2, 0) is 0 Å². The van der Waals surface area contributed by atoms with Crippen molar-refractivity contribution in [3.63, 3.8) is 0 Å². The minimum absolute atomic E-state index is 0.300. The Hall–Kier alpha value is -4.06. The summed E-state index contributed by atoms with van der Waals surface area (Å²) in [7, 11) is 0. The van der Waals surface area contributed by atoms with Crippen LogP contribution in [0.15, 0.2) is 97.1 Å². The minimum atomic E-state index is -1.68. The molecule has 0 aromatic heterocycles. The van der Waals surface area contributed by atoms with Gasteiger partial charge in [0, 0.05) is 43.9 Å². The second-order valence-corrected chi connectivity index (χ2v) is 11.1. The Kier molecular flexibility index (Phi) is 5.60. The predicted octanol–water partition coefficient (Wildman–Crippen LogP) is 7.45. The Labute approximate surface area is 239 Å². The Bertz CT molecular complexity index is 1750. The molecule has 0 N–H and O–H groups in total. The summed E-state index contributed by atoms with van der Waals surface area (Å²) in [6, 6.07) is 22.8. The molecule has 2 heterocycles. The van der Waals surface area contributed by atoms with E-state index in [1.165, 1.54) is 12.1 Å². The molecule has 3 aliphatic rings. The Morgan fingerprint density at radius 3 is 2.15 bits per heavy atom. The first-order valence-corrected chi connectivity index (χ1v) is 13.6. The van der Waals surface area contributed by atoms with Crippen molar-refractivity contribution in [2.24, 2.45) is 5.41 Å². The van der Waals surface area contributed by atoms with Gasteiger partial charge in [-0.25, -0.2) is 4.39 Å². The fourth-order valence-electron chi connectivity index (χ4n) is 6.80. The fraction of sp³-hybridized carbons (Fsp3) is 0.121. The molecule has 0 saturated carbocycles. The average Bonchev–Trinajstić information content (AvgIpc) is 3.39. The van der Waals surface area contributed by atoms with Crippen molar-refractivity contribution in [1.82, 2.24) is 0 Å². The van der Waals surface area contributed by atoms with Crippen molar-refractivity contribution >= 4 is 52.3 Å². The van der Waals surface area contributed by atoms with Gasteiger partial charge in [-0.05, 0) is 54.1 Å². The Balaban J connectivity index is 1.56. The van der Waals surface area contributed by atoms with E-state index in [-0.39, 0.29) is 17.3 Å². The molecule has 1 fully saturated rings. The third kappa shape index (κ3) is 3.28. The Morgan fingerprint density at radius 1 is 0.825 bits per heavy atom. The summed E-state index contributed by atoms with van der Waals surface area (Å²) in [5, 5.41) is 0.818. The lowest BCUT2D eigenvalue weighted by atomic mass is 9.64. The zero-order chi connectivity index (χ0) is 27.8. The van der Waals surface area contributed by atoms with Crippen LogP contribution in [-0.4, -0.2) is 29.4 Å². The molecule has 1 aliphatic carbocycles. The standard InChI is InChI=1S/C33H20Cl2FNO3/c34-20-12-9-18(10-13-20)30(38)29-28(24-7-3-4-8-25(24)35)33(31(39)22-5-1-2-6-23(22)32(33)40)27-16-11-19-17-21(36)14-15-26(19)37(27)29/h1-17,27-29H/t27-,28+,29+/m1/s1. The number of hydrogen-bond donors (Lipinski definition) is 0. The van der Waals surface area contributed by atoms with Gasteiger partial charge in [-0.3, -0.25) is 14.4 Å². The summed E-state index contributed by atoms with van der Waals surface area (Å²) < 4.78 is 14.3. The van der Waals surface area contributed by atoms with Gasteiger partial charge in [0.1, 0.15) is 17.3 Å². The van der Waals surface area contributed by atoms with Crippen molar-refractivity contribution in [1.29, 1.82) is 0 Å². The first-order chi connectivity index (χ1) is 19.3. The molecule has 7 heteroatoms. The Morgan fingerprint density at radius 2 is 1.48 bits per heavy atom. The molecule has 196 valence electrons. The van der Waals surface area contributed by atoms with Gasteiger partial charge in [-0.1, -0.05) is 77.8 Å². The molecule has 1 saturated heterocycles. The van der Waals surface area contributed by atoms with Gasteiger partial charge in [-0.15, -0.1) is 0 Å². The van der Waals surface area contributed by atoms with Crippen LogP contribution < -0.4 is 4.90 Å². The molecule has 0 bridgehead atoms. The molecule has 0 amide bonds. The molecule has 1 spiro atoms. The molecule has 7 rings (SSSR count). The van der Waals surface area contributed by atoms with Gasteiger partial charge in [0.25, 0.3) is 0 Å². The number of anilines is 1. The second kappa shape index (κ2) is 8.98.